The number of hydrogen-bond acceptors (Lipinski definition) is 4. The molecule has 2 amide bonds. The standard InChI is InChI=1S/C32H32FN3O4S/c1-24-17-19-26(20-18-24)22-35(30(32(38)34-2)21-25-11-5-3-6-12-25)31(37)23-36(29-16-10-9-15-28(29)33)41(39,40)27-13-7-4-8-14-27/h3-20,30H,21-23H2,1-2H3,(H,34,38)/t30-/m0/s1. The van der Waals surface area contributed by atoms with Gasteiger partial charge in [0.25, 0.3) is 10.0 Å². The number of sulfonamides is 1. The summed E-state index contributed by atoms with van der Waals surface area (Å²) in [6, 6.07) is 28.8. The van der Waals surface area contributed by atoms with Crippen LogP contribution < -0.4 is 9.62 Å². The molecule has 0 spiro atoms. The number of benzene rings is 4. The second-order valence-corrected chi connectivity index (χ2v) is 11.5. The first-order valence-corrected chi connectivity index (χ1v) is 14.6. The molecule has 0 unspecified atom stereocenters. The molecule has 0 fully saturated rings. The molecule has 41 heavy (non-hydrogen) atoms. The third-order valence-corrected chi connectivity index (χ3v) is 8.50. The molecular formula is C32H32FN3O4S. The lowest BCUT2D eigenvalue weighted by Crippen LogP contribution is -2.53. The summed E-state index contributed by atoms with van der Waals surface area (Å²) in [5.41, 5.74) is 2.35. The SMILES string of the molecule is CNC(=O)[C@H](Cc1ccccc1)N(Cc1ccc(C)cc1)C(=O)CN(c1ccccc1F)S(=O)(=O)c1ccccc1. The summed E-state index contributed by atoms with van der Waals surface area (Å²) in [6.45, 7) is 1.27. The van der Waals surface area contributed by atoms with E-state index in [4.69, 9.17) is 0 Å². The third kappa shape index (κ3) is 7.18. The van der Waals surface area contributed by atoms with Gasteiger partial charge in [0.1, 0.15) is 18.4 Å². The van der Waals surface area contributed by atoms with Gasteiger partial charge >= 0.3 is 0 Å². The number of anilines is 1. The Labute approximate surface area is 240 Å². The molecule has 0 aliphatic rings. The Morgan fingerprint density at radius 1 is 0.805 bits per heavy atom. The van der Waals surface area contributed by atoms with Crippen molar-refractivity contribution in [3.8, 4) is 0 Å². The highest BCUT2D eigenvalue weighted by molar-refractivity contribution is 7.92. The Hall–Kier alpha value is -4.50. The van der Waals surface area contributed by atoms with E-state index in [-0.39, 0.29) is 23.5 Å². The zero-order valence-corrected chi connectivity index (χ0v) is 23.7. The van der Waals surface area contributed by atoms with E-state index in [0.717, 1.165) is 27.1 Å². The second kappa shape index (κ2) is 13.2. The molecule has 0 saturated carbocycles. The first kappa shape index (κ1) is 29.5. The predicted octanol–water partition coefficient (Wildman–Crippen LogP) is 4.72. The van der Waals surface area contributed by atoms with Crippen molar-refractivity contribution in [3.63, 3.8) is 0 Å². The summed E-state index contributed by atoms with van der Waals surface area (Å²) in [5.74, 6) is -1.85. The number of para-hydroxylation sites is 1. The summed E-state index contributed by atoms with van der Waals surface area (Å²) < 4.78 is 43.4. The topological polar surface area (TPSA) is 86.8 Å². The lowest BCUT2D eigenvalue weighted by atomic mass is 10.0. The van der Waals surface area contributed by atoms with Crippen LogP contribution in [0.4, 0.5) is 10.1 Å². The molecular weight excluding hydrogens is 541 g/mol. The molecule has 212 valence electrons. The van der Waals surface area contributed by atoms with Crippen LogP contribution in [0.3, 0.4) is 0 Å². The van der Waals surface area contributed by atoms with Crippen molar-refractivity contribution in [1.82, 2.24) is 10.2 Å². The molecule has 1 N–H and O–H groups in total. The van der Waals surface area contributed by atoms with Crippen molar-refractivity contribution < 1.29 is 22.4 Å². The first-order valence-electron chi connectivity index (χ1n) is 13.1. The van der Waals surface area contributed by atoms with E-state index in [2.05, 4.69) is 5.32 Å². The highest BCUT2D eigenvalue weighted by Crippen LogP contribution is 2.27. The molecule has 4 aromatic rings. The number of carbonyl (C=O) groups excluding carboxylic acids is 2. The maximum absolute atomic E-state index is 15.1. The molecule has 0 aliphatic carbocycles. The molecule has 7 nitrogen and oxygen atoms in total. The number of halogens is 1. The fourth-order valence-corrected chi connectivity index (χ4v) is 5.94. The normalized spacial score (nSPS) is 11.9. The van der Waals surface area contributed by atoms with Gasteiger partial charge in [-0.2, -0.15) is 0 Å². The van der Waals surface area contributed by atoms with Gasteiger partial charge in [0.2, 0.25) is 11.8 Å². The molecule has 9 heteroatoms. The van der Waals surface area contributed by atoms with Crippen LogP contribution in [0.2, 0.25) is 0 Å². The van der Waals surface area contributed by atoms with Crippen LogP contribution in [0.15, 0.2) is 114 Å². The Bertz CT molecular complexity index is 1580. The molecule has 0 heterocycles. The molecule has 4 aromatic carbocycles. The fraction of sp³-hybridized carbons (Fsp3) is 0.188. The number of nitrogens with one attached hydrogen (secondary N) is 1. The number of likely N-dealkylation sites (N-methyl/N-ethyl adjacent to an activating group) is 1. The molecule has 0 bridgehead atoms. The van der Waals surface area contributed by atoms with Crippen molar-refractivity contribution in [2.45, 2.75) is 30.8 Å². The zero-order chi connectivity index (χ0) is 29.4. The minimum absolute atomic E-state index is 0.0422. The second-order valence-electron chi connectivity index (χ2n) is 9.60. The van der Waals surface area contributed by atoms with E-state index in [1.165, 1.54) is 42.3 Å². The summed E-state index contributed by atoms with van der Waals surface area (Å²) in [4.78, 5) is 28.7. The van der Waals surface area contributed by atoms with Crippen LogP contribution in [0.5, 0.6) is 0 Å². The van der Waals surface area contributed by atoms with E-state index >= 15 is 4.39 Å². The Morgan fingerprint density at radius 2 is 1.39 bits per heavy atom. The maximum Gasteiger partial charge on any atom is 0.264 e. The van der Waals surface area contributed by atoms with Gasteiger partial charge < -0.3 is 10.2 Å². The Morgan fingerprint density at radius 3 is 2.00 bits per heavy atom. The minimum Gasteiger partial charge on any atom is -0.357 e. The quantitative estimate of drug-likeness (QED) is 0.282. The molecule has 0 saturated heterocycles. The number of carbonyl (C=O) groups is 2. The minimum atomic E-state index is -4.35. The van der Waals surface area contributed by atoms with Gasteiger partial charge in [-0.3, -0.25) is 13.9 Å². The number of hydrogen-bond donors (Lipinski definition) is 1. The number of rotatable bonds is 11. The monoisotopic (exact) mass is 573 g/mol. The van der Waals surface area contributed by atoms with Crippen LogP contribution in [0.1, 0.15) is 16.7 Å². The van der Waals surface area contributed by atoms with Crippen molar-refractivity contribution in [2.75, 3.05) is 17.9 Å². The average molecular weight is 574 g/mol. The molecule has 4 rings (SSSR count). The lowest BCUT2D eigenvalue weighted by Gasteiger charge is -2.33. The van der Waals surface area contributed by atoms with E-state index in [9.17, 15) is 18.0 Å². The maximum atomic E-state index is 15.1. The largest absolute Gasteiger partial charge is 0.357 e. The third-order valence-electron chi connectivity index (χ3n) is 6.72. The van der Waals surface area contributed by atoms with Gasteiger partial charge in [0.05, 0.1) is 10.6 Å². The molecule has 0 aromatic heterocycles. The fourth-order valence-electron chi connectivity index (χ4n) is 4.50. The van der Waals surface area contributed by atoms with E-state index in [0.29, 0.717) is 0 Å². The van der Waals surface area contributed by atoms with Crippen LogP contribution in [0, 0.1) is 12.7 Å². The Kier molecular flexibility index (Phi) is 9.52. The Balaban J connectivity index is 1.78. The van der Waals surface area contributed by atoms with Crippen molar-refractivity contribution >= 4 is 27.5 Å². The van der Waals surface area contributed by atoms with Crippen LogP contribution in [0.25, 0.3) is 0 Å². The summed E-state index contributed by atoms with van der Waals surface area (Å²) in [5, 5.41) is 2.64. The number of nitrogens with zero attached hydrogens (tertiary/aromatic N) is 2. The lowest BCUT2D eigenvalue weighted by molar-refractivity contribution is -0.139. The highest BCUT2D eigenvalue weighted by Gasteiger charge is 2.35. The highest BCUT2D eigenvalue weighted by atomic mass is 32.2. The first-order chi connectivity index (χ1) is 19.7. The van der Waals surface area contributed by atoms with E-state index < -0.39 is 40.2 Å². The van der Waals surface area contributed by atoms with Crippen LogP contribution >= 0.6 is 0 Å². The van der Waals surface area contributed by atoms with Crippen molar-refractivity contribution in [1.29, 1.82) is 0 Å². The number of amides is 2. The van der Waals surface area contributed by atoms with E-state index in [1.807, 2.05) is 61.5 Å². The smallest absolute Gasteiger partial charge is 0.264 e. The van der Waals surface area contributed by atoms with E-state index in [1.54, 1.807) is 18.2 Å². The number of aryl methyl sites for hydroxylation is 1. The van der Waals surface area contributed by atoms with Crippen molar-refractivity contribution in [2.24, 2.45) is 0 Å². The van der Waals surface area contributed by atoms with Gasteiger partial charge in [0.15, 0.2) is 0 Å². The van der Waals surface area contributed by atoms with Gasteiger partial charge in [-0.1, -0.05) is 90.5 Å². The molecule has 1 atom stereocenters. The van der Waals surface area contributed by atoms with Crippen LogP contribution in [-0.2, 0) is 32.6 Å². The summed E-state index contributed by atoms with van der Waals surface area (Å²) in [7, 11) is -2.86. The predicted molar refractivity (Wildman–Crippen MR) is 157 cm³/mol. The summed E-state index contributed by atoms with van der Waals surface area (Å²) in [6.07, 6.45) is 0.198. The van der Waals surface area contributed by atoms with Gasteiger partial charge in [-0.05, 0) is 42.3 Å². The van der Waals surface area contributed by atoms with Gasteiger partial charge in [-0.25, -0.2) is 12.8 Å². The van der Waals surface area contributed by atoms with Crippen molar-refractivity contribution in [3.05, 3.63) is 132 Å². The van der Waals surface area contributed by atoms with Crippen LogP contribution in [-0.4, -0.2) is 44.8 Å². The summed E-state index contributed by atoms with van der Waals surface area (Å²) >= 11 is 0. The average Bonchev–Trinajstić information content (AvgIpc) is 2.99. The van der Waals surface area contributed by atoms with Gasteiger partial charge in [-0.15, -0.1) is 0 Å². The molecule has 0 aliphatic heterocycles. The molecule has 0 radical (unpaired) electrons. The zero-order valence-electron chi connectivity index (χ0n) is 22.9. The van der Waals surface area contributed by atoms with Gasteiger partial charge in [0, 0.05) is 20.0 Å².